The minimum Gasteiger partial charge on any atom is -0.303 e. The van der Waals surface area contributed by atoms with Crippen LogP contribution in [-0.4, -0.2) is 52.4 Å². The first kappa shape index (κ1) is 9.16. The molecule has 0 bridgehead atoms. The summed E-state index contributed by atoms with van der Waals surface area (Å²) < 4.78 is 13.2. The Balaban J connectivity index is 2.50. The van der Waals surface area contributed by atoms with Crippen molar-refractivity contribution in [2.24, 2.45) is 0 Å². The second kappa shape index (κ2) is 3.65. The van der Waals surface area contributed by atoms with E-state index in [1.54, 1.807) is 6.26 Å². The van der Waals surface area contributed by atoms with Crippen molar-refractivity contribution in [1.82, 2.24) is 9.21 Å². The normalized spacial score (nSPS) is 32.1. The third-order valence-corrected chi connectivity index (χ3v) is 3.30. The van der Waals surface area contributed by atoms with Gasteiger partial charge in [0.05, 0.1) is 11.0 Å². The van der Waals surface area contributed by atoms with Gasteiger partial charge in [0, 0.05) is 31.9 Å². The lowest BCUT2D eigenvalue weighted by Gasteiger charge is -2.36. The van der Waals surface area contributed by atoms with Gasteiger partial charge in [0.2, 0.25) is 0 Å². The third kappa shape index (κ3) is 2.25. The Morgan fingerprint density at radius 2 is 2.09 bits per heavy atom. The molecule has 2 unspecified atom stereocenters. The van der Waals surface area contributed by atoms with E-state index in [1.807, 2.05) is 4.31 Å². The summed E-state index contributed by atoms with van der Waals surface area (Å²) in [5.74, 6) is 0. The van der Waals surface area contributed by atoms with Crippen molar-refractivity contribution in [2.75, 3.05) is 32.9 Å². The fourth-order valence-electron chi connectivity index (χ4n) is 1.51. The quantitative estimate of drug-likeness (QED) is 0.558. The van der Waals surface area contributed by atoms with Crippen LogP contribution >= 0.6 is 0 Å². The van der Waals surface area contributed by atoms with Crippen molar-refractivity contribution in [1.29, 1.82) is 0 Å². The van der Waals surface area contributed by atoms with Crippen molar-refractivity contribution >= 4 is 11.0 Å². The van der Waals surface area contributed by atoms with Crippen molar-refractivity contribution in [2.45, 2.75) is 13.0 Å². The summed E-state index contributed by atoms with van der Waals surface area (Å²) in [5, 5.41) is 0. The summed E-state index contributed by atoms with van der Waals surface area (Å²) >= 11 is 0. The summed E-state index contributed by atoms with van der Waals surface area (Å²) in [6, 6.07) is 0.430. The molecule has 1 heterocycles. The molecule has 0 N–H and O–H groups in total. The molecule has 0 aromatic heterocycles. The molecule has 0 aromatic rings. The molecular weight excluding hydrogens is 160 g/mol. The molecule has 1 aliphatic rings. The minimum atomic E-state index is -0.790. The van der Waals surface area contributed by atoms with Crippen molar-refractivity contribution in [3.63, 3.8) is 0 Å². The van der Waals surface area contributed by atoms with E-state index in [0.717, 1.165) is 19.6 Å². The van der Waals surface area contributed by atoms with Crippen LogP contribution in [0.5, 0.6) is 0 Å². The van der Waals surface area contributed by atoms with Crippen molar-refractivity contribution < 1.29 is 4.21 Å². The molecule has 0 saturated carbocycles. The van der Waals surface area contributed by atoms with Crippen LogP contribution in [0.4, 0.5) is 0 Å². The van der Waals surface area contributed by atoms with Gasteiger partial charge in [0.1, 0.15) is 0 Å². The van der Waals surface area contributed by atoms with Gasteiger partial charge >= 0.3 is 0 Å². The average Bonchev–Trinajstić information content (AvgIpc) is 1.85. The molecule has 0 aromatic carbocycles. The number of rotatable bonds is 1. The smallest absolute Gasteiger partial charge is 0.0914 e. The van der Waals surface area contributed by atoms with Gasteiger partial charge < -0.3 is 4.90 Å². The van der Waals surface area contributed by atoms with Gasteiger partial charge in [-0.1, -0.05) is 0 Å². The highest BCUT2D eigenvalue weighted by atomic mass is 32.2. The van der Waals surface area contributed by atoms with Crippen LogP contribution in [0, 0.1) is 0 Å². The molecule has 3 nitrogen and oxygen atoms in total. The van der Waals surface area contributed by atoms with Gasteiger partial charge in [0.15, 0.2) is 0 Å². The second-order valence-electron chi connectivity index (χ2n) is 3.18. The molecule has 4 heteroatoms. The minimum absolute atomic E-state index is 0.430. The van der Waals surface area contributed by atoms with E-state index < -0.39 is 11.0 Å². The van der Waals surface area contributed by atoms with Crippen LogP contribution in [0.1, 0.15) is 6.92 Å². The van der Waals surface area contributed by atoms with Gasteiger partial charge in [-0.2, -0.15) is 0 Å². The number of likely N-dealkylation sites (N-methyl/N-ethyl adjacent to an activating group) is 1. The van der Waals surface area contributed by atoms with Gasteiger partial charge in [-0.05, 0) is 14.0 Å². The Kier molecular flexibility index (Phi) is 3.04. The monoisotopic (exact) mass is 176 g/mol. The Morgan fingerprint density at radius 3 is 2.55 bits per heavy atom. The maximum absolute atomic E-state index is 11.1. The molecule has 66 valence electrons. The molecule has 1 rings (SSSR count). The lowest BCUT2D eigenvalue weighted by atomic mass is 10.2. The predicted molar refractivity (Wildman–Crippen MR) is 47.7 cm³/mol. The van der Waals surface area contributed by atoms with E-state index in [1.165, 1.54) is 0 Å². The maximum atomic E-state index is 11.1. The second-order valence-corrected chi connectivity index (χ2v) is 4.49. The molecule has 1 fully saturated rings. The summed E-state index contributed by atoms with van der Waals surface area (Å²) in [6.07, 6.45) is 1.75. The lowest BCUT2D eigenvalue weighted by Crippen LogP contribution is -2.50. The zero-order valence-corrected chi connectivity index (χ0v) is 8.23. The molecule has 11 heavy (non-hydrogen) atoms. The highest BCUT2D eigenvalue weighted by molar-refractivity contribution is 7.81. The largest absolute Gasteiger partial charge is 0.303 e. The first-order valence-corrected chi connectivity index (χ1v) is 5.41. The van der Waals surface area contributed by atoms with Gasteiger partial charge in [-0.25, -0.2) is 8.51 Å². The zero-order chi connectivity index (χ0) is 8.43. The molecular formula is C7H16N2OS. The first-order valence-electron chi connectivity index (χ1n) is 3.90. The van der Waals surface area contributed by atoms with Crippen molar-refractivity contribution in [3.8, 4) is 0 Å². The summed E-state index contributed by atoms with van der Waals surface area (Å²) in [6.45, 7) is 5.11. The van der Waals surface area contributed by atoms with E-state index >= 15 is 0 Å². The van der Waals surface area contributed by atoms with Crippen LogP contribution in [0.25, 0.3) is 0 Å². The Labute approximate surface area is 71.0 Å². The van der Waals surface area contributed by atoms with Crippen LogP contribution in [0.3, 0.4) is 0 Å². The molecule has 0 spiro atoms. The van der Waals surface area contributed by atoms with Gasteiger partial charge in [0.25, 0.3) is 0 Å². The van der Waals surface area contributed by atoms with Crippen molar-refractivity contribution in [3.05, 3.63) is 0 Å². The lowest BCUT2D eigenvalue weighted by molar-refractivity contribution is 0.176. The topological polar surface area (TPSA) is 23.6 Å². The molecule has 0 amide bonds. The van der Waals surface area contributed by atoms with E-state index in [2.05, 4.69) is 18.9 Å². The fourth-order valence-corrected chi connectivity index (χ4v) is 2.42. The average molecular weight is 176 g/mol. The molecule has 1 saturated heterocycles. The summed E-state index contributed by atoms with van der Waals surface area (Å²) in [7, 11) is 1.31. The molecule has 0 radical (unpaired) electrons. The van der Waals surface area contributed by atoms with E-state index in [9.17, 15) is 4.21 Å². The van der Waals surface area contributed by atoms with Gasteiger partial charge in [-0.3, -0.25) is 0 Å². The fraction of sp³-hybridized carbons (Fsp3) is 1.00. The summed E-state index contributed by atoms with van der Waals surface area (Å²) in [5.41, 5.74) is 0. The predicted octanol–water partition coefficient (Wildman–Crippen LogP) is -0.0842. The Morgan fingerprint density at radius 1 is 1.45 bits per heavy atom. The Hall–Kier alpha value is 0.0700. The highest BCUT2D eigenvalue weighted by Gasteiger charge is 2.23. The molecule has 2 atom stereocenters. The SMILES string of the molecule is CC1CN(C)CCN1S(C)=O. The van der Waals surface area contributed by atoms with Crippen LogP contribution in [0.15, 0.2) is 0 Å². The number of piperazine rings is 1. The zero-order valence-electron chi connectivity index (χ0n) is 7.41. The number of hydrogen-bond donors (Lipinski definition) is 0. The van der Waals surface area contributed by atoms with E-state index in [0.29, 0.717) is 6.04 Å². The third-order valence-electron chi connectivity index (χ3n) is 2.10. The van der Waals surface area contributed by atoms with E-state index in [-0.39, 0.29) is 0 Å². The molecule has 0 aliphatic carbocycles. The van der Waals surface area contributed by atoms with Gasteiger partial charge in [-0.15, -0.1) is 0 Å². The summed E-state index contributed by atoms with van der Waals surface area (Å²) in [4.78, 5) is 2.27. The maximum Gasteiger partial charge on any atom is 0.0914 e. The Bertz CT molecular complexity index is 163. The number of nitrogens with zero attached hydrogens (tertiary/aromatic N) is 2. The van der Waals surface area contributed by atoms with Crippen LogP contribution < -0.4 is 0 Å². The first-order chi connectivity index (χ1) is 5.11. The number of hydrogen-bond acceptors (Lipinski definition) is 2. The van der Waals surface area contributed by atoms with E-state index in [4.69, 9.17) is 0 Å². The van der Waals surface area contributed by atoms with Crippen LogP contribution in [-0.2, 0) is 11.0 Å². The highest BCUT2D eigenvalue weighted by Crippen LogP contribution is 2.08. The molecule has 1 aliphatic heterocycles. The standard InChI is InChI=1S/C7H16N2OS/c1-7-6-8(2)4-5-9(7)11(3)10/h7H,4-6H2,1-3H3. The van der Waals surface area contributed by atoms with Crippen LogP contribution in [0.2, 0.25) is 0 Å².